The standard InChI is InChI=1S/C9H18N2O/c1-7(8(10)12)11-6-9(2)4-3-5-9/h7,11H,3-6H2,1-2H3,(H2,10,12). The first-order valence-electron chi connectivity index (χ1n) is 4.56. The Bertz CT molecular complexity index is 175. The zero-order valence-corrected chi connectivity index (χ0v) is 7.89. The van der Waals surface area contributed by atoms with E-state index in [0.717, 1.165) is 6.54 Å². The molecule has 3 N–H and O–H groups in total. The number of amides is 1. The van der Waals surface area contributed by atoms with Crippen molar-refractivity contribution in [1.29, 1.82) is 0 Å². The van der Waals surface area contributed by atoms with Crippen molar-refractivity contribution in [2.75, 3.05) is 6.54 Å². The third kappa shape index (κ3) is 2.21. The fraction of sp³-hybridized carbons (Fsp3) is 0.889. The summed E-state index contributed by atoms with van der Waals surface area (Å²) in [5, 5.41) is 3.15. The number of rotatable bonds is 4. The number of nitrogens with two attached hydrogens (primary N) is 1. The van der Waals surface area contributed by atoms with Crippen molar-refractivity contribution in [1.82, 2.24) is 5.32 Å². The largest absolute Gasteiger partial charge is 0.368 e. The highest BCUT2D eigenvalue weighted by Crippen LogP contribution is 2.39. The Morgan fingerprint density at radius 1 is 1.67 bits per heavy atom. The fourth-order valence-electron chi connectivity index (χ4n) is 1.46. The number of nitrogens with one attached hydrogen (secondary N) is 1. The van der Waals surface area contributed by atoms with Gasteiger partial charge < -0.3 is 11.1 Å². The molecule has 0 heterocycles. The lowest BCUT2D eigenvalue weighted by Gasteiger charge is -2.39. The van der Waals surface area contributed by atoms with E-state index in [1.54, 1.807) is 0 Å². The lowest BCUT2D eigenvalue weighted by Crippen LogP contribution is -2.45. The molecule has 1 saturated carbocycles. The van der Waals surface area contributed by atoms with Gasteiger partial charge in [0.2, 0.25) is 5.91 Å². The molecule has 3 heteroatoms. The Hall–Kier alpha value is -0.570. The molecule has 70 valence electrons. The molecular formula is C9H18N2O. The topological polar surface area (TPSA) is 55.1 Å². The van der Waals surface area contributed by atoms with E-state index >= 15 is 0 Å². The SMILES string of the molecule is CC(NCC1(C)CCC1)C(N)=O. The lowest BCUT2D eigenvalue weighted by molar-refractivity contribution is -0.119. The number of carbonyl (C=O) groups is 1. The van der Waals surface area contributed by atoms with Crippen molar-refractivity contribution in [3.63, 3.8) is 0 Å². The molecule has 1 fully saturated rings. The van der Waals surface area contributed by atoms with Crippen LogP contribution in [0.4, 0.5) is 0 Å². The summed E-state index contributed by atoms with van der Waals surface area (Å²) < 4.78 is 0. The van der Waals surface area contributed by atoms with E-state index in [1.807, 2.05) is 6.92 Å². The molecule has 0 bridgehead atoms. The molecule has 3 nitrogen and oxygen atoms in total. The molecule has 0 aromatic rings. The Kier molecular flexibility index (Phi) is 2.73. The summed E-state index contributed by atoms with van der Waals surface area (Å²) in [6.45, 7) is 4.97. The predicted octanol–water partition coefficient (Wildman–Crippen LogP) is 0.640. The summed E-state index contributed by atoms with van der Waals surface area (Å²) in [6.07, 6.45) is 3.86. The highest BCUT2D eigenvalue weighted by Gasteiger charge is 2.31. The molecule has 12 heavy (non-hydrogen) atoms. The summed E-state index contributed by atoms with van der Waals surface area (Å²) in [5.41, 5.74) is 5.54. The van der Waals surface area contributed by atoms with Crippen LogP contribution in [0.25, 0.3) is 0 Å². The van der Waals surface area contributed by atoms with Crippen LogP contribution < -0.4 is 11.1 Å². The second-order valence-corrected chi connectivity index (χ2v) is 4.17. The van der Waals surface area contributed by atoms with E-state index in [1.165, 1.54) is 19.3 Å². The molecule has 1 rings (SSSR count). The maximum atomic E-state index is 10.7. The van der Waals surface area contributed by atoms with Gasteiger partial charge in [0, 0.05) is 6.54 Å². The van der Waals surface area contributed by atoms with Crippen molar-refractivity contribution in [2.45, 2.75) is 39.2 Å². The molecular weight excluding hydrogens is 152 g/mol. The molecule has 1 aliphatic carbocycles. The van der Waals surface area contributed by atoms with Gasteiger partial charge in [-0.25, -0.2) is 0 Å². The molecule has 0 radical (unpaired) electrons. The van der Waals surface area contributed by atoms with Crippen LogP contribution in [0.5, 0.6) is 0 Å². The highest BCUT2D eigenvalue weighted by atomic mass is 16.1. The zero-order valence-electron chi connectivity index (χ0n) is 7.89. The van der Waals surface area contributed by atoms with Gasteiger partial charge in [-0.05, 0) is 25.2 Å². The monoisotopic (exact) mass is 170 g/mol. The smallest absolute Gasteiger partial charge is 0.234 e. The molecule has 0 aromatic carbocycles. The second-order valence-electron chi connectivity index (χ2n) is 4.17. The Labute approximate surface area is 73.7 Å². The zero-order chi connectivity index (χ0) is 9.19. The third-order valence-electron chi connectivity index (χ3n) is 2.82. The van der Waals surface area contributed by atoms with Gasteiger partial charge in [0.05, 0.1) is 6.04 Å². The summed E-state index contributed by atoms with van der Waals surface area (Å²) in [5.74, 6) is -0.266. The van der Waals surface area contributed by atoms with Crippen molar-refractivity contribution in [3.8, 4) is 0 Å². The van der Waals surface area contributed by atoms with Crippen LogP contribution in [0.1, 0.15) is 33.1 Å². The third-order valence-corrected chi connectivity index (χ3v) is 2.82. The van der Waals surface area contributed by atoms with Gasteiger partial charge >= 0.3 is 0 Å². The molecule has 1 unspecified atom stereocenters. The van der Waals surface area contributed by atoms with E-state index in [9.17, 15) is 4.79 Å². The van der Waals surface area contributed by atoms with Crippen LogP contribution in [0.2, 0.25) is 0 Å². The van der Waals surface area contributed by atoms with Gasteiger partial charge in [-0.1, -0.05) is 13.3 Å². The Morgan fingerprint density at radius 3 is 2.58 bits per heavy atom. The number of hydrogen-bond acceptors (Lipinski definition) is 2. The minimum absolute atomic E-state index is 0.192. The summed E-state index contributed by atoms with van der Waals surface area (Å²) in [4.78, 5) is 10.7. The van der Waals surface area contributed by atoms with Crippen molar-refractivity contribution in [3.05, 3.63) is 0 Å². The van der Waals surface area contributed by atoms with Crippen LogP contribution >= 0.6 is 0 Å². The molecule has 1 atom stereocenters. The van der Waals surface area contributed by atoms with Gasteiger partial charge in [0.25, 0.3) is 0 Å². The molecule has 0 saturated heterocycles. The fourth-order valence-corrected chi connectivity index (χ4v) is 1.46. The van der Waals surface area contributed by atoms with Crippen LogP contribution in [0.3, 0.4) is 0 Å². The summed E-state index contributed by atoms with van der Waals surface area (Å²) in [6, 6.07) is -0.192. The van der Waals surface area contributed by atoms with Crippen LogP contribution in [-0.2, 0) is 4.79 Å². The van der Waals surface area contributed by atoms with Crippen LogP contribution in [0, 0.1) is 5.41 Å². The molecule has 1 aliphatic rings. The first-order valence-corrected chi connectivity index (χ1v) is 4.56. The first kappa shape index (κ1) is 9.52. The summed E-state index contributed by atoms with van der Waals surface area (Å²) >= 11 is 0. The van der Waals surface area contributed by atoms with Crippen molar-refractivity contribution in [2.24, 2.45) is 11.1 Å². The quantitative estimate of drug-likeness (QED) is 0.650. The average Bonchev–Trinajstić information content (AvgIpc) is 1.96. The predicted molar refractivity (Wildman–Crippen MR) is 48.6 cm³/mol. The van der Waals surface area contributed by atoms with E-state index in [2.05, 4.69) is 12.2 Å². The van der Waals surface area contributed by atoms with Gasteiger partial charge in [-0.2, -0.15) is 0 Å². The Balaban J connectivity index is 2.20. The lowest BCUT2D eigenvalue weighted by atomic mass is 9.70. The van der Waals surface area contributed by atoms with Gasteiger partial charge in [-0.15, -0.1) is 0 Å². The first-order chi connectivity index (χ1) is 5.53. The van der Waals surface area contributed by atoms with Crippen LogP contribution in [0.15, 0.2) is 0 Å². The van der Waals surface area contributed by atoms with Gasteiger partial charge in [0.15, 0.2) is 0 Å². The van der Waals surface area contributed by atoms with Gasteiger partial charge in [-0.3, -0.25) is 4.79 Å². The van der Waals surface area contributed by atoms with E-state index in [0.29, 0.717) is 5.41 Å². The highest BCUT2D eigenvalue weighted by molar-refractivity contribution is 5.79. The van der Waals surface area contributed by atoms with E-state index < -0.39 is 0 Å². The normalized spacial score (nSPS) is 22.8. The number of hydrogen-bond donors (Lipinski definition) is 2. The van der Waals surface area contributed by atoms with Gasteiger partial charge in [0.1, 0.15) is 0 Å². The molecule has 0 spiro atoms. The maximum Gasteiger partial charge on any atom is 0.234 e. The van der Waals surface area contributed by atoms with Crippen LogP contribution in [-0.4, -0.2) is 18.5 Å². The molecule has 1 amide bonds. The average molecular weight is 170 g/mol. The molecule has 0 aromatic heterocycles. The minimum atomic E-state index is -0.266. The second kappa shape index (κ2) is 3.44. The number of carbonyl (C=O) groups excluding carboxylic acids is 1. The van der Waals surface area contributed by atoms with E-state index in [4.69, 9.17) is 5.73 Å². The number of primary amides is 1. The van der Waals surface area contributed by atoms with E-state index in [-0.39, 0.29) is 11.9 Å². The van der Waals surface area contributed by atoms with Crippen molar-refractivity contribution >= 4 is 5.91 Å². The minimum Gasteiger partial charge on any atom is -0.368 e. The molecule has 0 aliphatic heterocycles. The Morgan fingerprint density at radius 2 is 2.25 bits per heavy atom. The maximum absolute atomic E-state index is 10.7. The van der Waals surface area contributed by atoms with Crippen molar-refractivity contribution < 1.29 is 4.79 Å². The summed E-state index contributed by atoms with van der Waals surface area (Å²) in [7, 11) is 0.